The van der Waals surface area contributed by atoms with Crippen LogP contribution in [0.4, 0.5) is 11.4 Å². The quantitative estimate of drug-likeness (QED) is 0.631. The van der Waals surface area contributed by atoms with Crippen molar-refractivity contribution in [2.45, 2.75) is 18.7 Å². The van der Waals surface area contributed by atoms with Crippen molar-refractivity contribution >= 4 is 33.8 Å². The molecule has 1 heterocycles. The Morgan fingerprint density at radius 2 is 1.93 bits per heavy atom. The number of anilines is 2. The van der Waals surface area contributed by atoms with Crippen molar-refractivity contribution in [3.8, 4) is 11.4 Å². The molecule has 144 valence electrons. The zero-order chi connectivity index (χ0) is 18.9. The number of nitrogens with two attached hydrogens (primary N) is 1. The largest absolute Gasteiger partial charge is 0.494 e. The third-order valence-corrected chi connectivity index (χ3v) is 5.48. The normalized spacial score (nSPS) is 10.9. The highest BCUT2D eigenvalue weighted by Gasteiger charge is 2.20. The van der Waals surface area contributed by atoms with Crippen molar-refractivity contribution in [2.75, 3.05) is 17.6 Å². The van der Waals surface area contributed by atoms with Crippen molar-refractivity contribution in [2.24, 2.45) is 0 Å². The van der Waals surface area contributed by atoms with Crippen LogP contribution in [-0.4, -0.2) is 25.1 Å². The molecular formula is C18H21ClN4O3S. The summed E-state index contributed by atoms with van der Waals surface area (Å²) in [6, 6.07) is 10.0. The van der Waals surface area contributed by atoms with E-state index < -0.39 is 10.0 Å². The minimum absolute atomic E-state index is 0. The van der Waals surface area contributed by atoms with Gasteiger partial charge in [-0.25, -0.2) is 13.4 Å². The van der Waals surface area contributed by atoms with E-state index in [-0.39, 0.29) is 28.7 Å². The first kappa shape index (κ1) is 20.6. The minimum Gasteiger partial charge on any atom is -0.494 e. The average molecular weight is 409 g/mol. The minimum atomic E-state index is -3.83. The van der Waals surface area contributed by atoms with E-state index in [0.717, 1.165) is 11.4 Å². The summed E-state index contributed by atoms with van der Waals surface area (Å²) >= 11 is 0. The molecule has 1 aromatic heterocycles. The summed E-state index contributed by atoms with van der Waals surface area (Å²) in [4.78, 5) is 4.35. The van der Waals surface area contributed by atoms with E-state index in [9.17, 15) is 8.42 Å². The highest BCUT2D eigenvalue weighted by molar-refractivity contribution is 7.92. The molecule has 9 heteroatoms. The van der Waals surface area contributed by atoms with E-state index in [1.807, 2.05) is 17.7 Å². The number of nitrogens with zero attached hydrogens (tertiary/aromatic N) is 2. The molecular weight excluding hydrogens is 388 g/mol. The van der Waals surface area contributed by atoms with Gasteiger partial charge >= 0.3 is 0 Å². The molecule has 3 rings (SSSR count). The Kier molecular flexibility index (Phi) is 6.02. The summed E-state index contributed by atoms with van der Waals surface area (Å²) in [6.07, 6.45) is 3.56. The fourth-order valence-corrected chi connectivity index (χ4v) is 4.00. The number of aromatic nitrogens is 2. The summed E-state index contributed by atoms with van der Waals surface area (Å²) in [7, 11) is -2.37. The first-order chi connectivity index (χ1) is 12.3. The van der Waals surface area contributed by atoms with Crippen LogP contribution in [0.25, 0.3) is 5.69 Å². The van der Waals surface area contributed by atoms with E-state index in [4.69, 9.17) is 10.5 Å². The Morgan fingerprint density at radius 1 is 1.19 bits per heavy atom. The molecule has 0 unspecified atom stereocenters. The smallest absolute Gasteiger partial charge is 0.262 e. The van der Waals surface area contributed by atoms with Crippen molar-refractivity contribution in [1.82, 2.24) is 9.55 Å². The molecule has 0 amide bonds. The maximum atomic E-state index is 12.9. The van der Waals surface area contributed by atoms with Gasteiger partial charge in [0.05, 0.1) is 29.7 Å². The van der Waals surface area contributed by atoms with Crippen LogP contribution in [0.15, 0.2) is 53.8 Å². The number of aryl methyl sites for hydroxylation is 2. The van der Waals surface area contributed by atoms with Crippen molar-refractivity contribution < 1.29 is 13.2 Å². The summed E-state index contributed by atoms with van der Waals surface area (Å²) in [5.41, 5.74) is 8.74. The highest BCUT2D eigenvalue weighted by atomic mass is 35.5. The van der Waals surface area contributed by atoms with Crippen LogP contribution in [0.2, 0.25) is 0 Å². The first-order valence-corrected chi connectivity index (χ1v) is 9.37. The lowest BCUT2D eigenvalue weighted by Crippen LogP contribution is -2.16. The molecule has 3 aromatic rings. The van der Waals surface area contributed by atoms with Crippen LogP contribution < -0.4 is 15.2 Å². The number of ether oxygens (including phenoxy) is 1. The summed E-state index contributed by atoms with van der Waals surface area (Å²) in [6.45, 7) is 3.64. The van der Waals surface area contributed by atoms with Gasteiger partial charge in [0.25, 0.3) is 10.0 Å². The maximum absolute atomic E-state index is 12.9. The first-order valence-electron chi connectivity index (χ1n) is 7.89. The molecule has 0 fully saturated rings. The molecule has 0 saturated carbocycles. The monoisotopic (exact) mass is 408 g/mol. The van der Waals surface area contributed by atoms with Crippen LogP contribution >= 0.6 is 12.4 Å². The van der Waals surface area contributed by atoms with Gasteiger partial charge in [-0.05, 0) is 49.7 Å². The molecule has 27 heavy (non-hydrogen) atoms. The number of hydrogen-bond acceptors (Lipinski definition) is 5. The van der Waals surface area contributed by atoms with Crippen LogP contribution in [0, 0.1) is 13.8 Å². The molecule has 3 N–H and O–H groups in total. The van der Waals surface area contributed by atoms with Gasteiger partial charge in [0.2, 0.25) is 0 Å². The molecule has 0 atom stereocenters. The Labute approximate surface area is 164 Å². The van der Waals surface area contributed by atoms with Crippen LogP contribution in [0.3, 0.4) is 0 Å². The SMILES string of the molecule is COc1cccc(N)c1NS(=O)(=O)c1ccc(-n2cnc(C)c2)cc1C.Cl. The van der Waals surface area contributed by atoms with Gasteiger partial charge in [-0.1, -0.05) is 6.07 Å². The molecule has 7 nitrogen and oxygen atoms in total. The maximum Gasteiger partial charge on any atom is 0.262 e. The van der Waals surface area contributed by atoms with Gasteiger partial charge in [-0.3, -0.25) is 4.72 Å². The van der Waals surface area contributed by atoms with E-state index >= 15 is 0 Å². The fourth-order valence-electron chi connectivity index (χ4n) is 2.67. The van der Waals surface area contributed by atoms with Crippen molar-refractivity contribution in [3.63, 3.8) is 0 Å². The van der Waals surface area contributed by atoms with E-state index in [2.05, 4.69) is 9.71 Å². The second kappa shape index (κ2) is 7.89. The highest BCUT2D eigenvalue weighted by Crippen LogP contribution is 2.33. The number of sulfonamides is 1. The fraction of sp³-hybridized carbons (Fsp3) is 0.167. The lowest BCUT2D eigenvalue weighted by molar-refractivity contribution is 0.417. The predicted molar refractivity (Wildman–Crippen MR) is 109 cm³/mol. The number of benzene rings is 2. The van der Waals surface area contributed by atoms with Crippen LogP contribution in [-0.2, 0) is 10.0 Å². The lowest BCUT2D eigenvalue weighted by atomic mass is 10.2. The third kappa shape index (κ3) is 4.17. The molecule has 0 radical (unpaired) electrons. The average Bonchev–Trinajstić information content (AvgIpc) is 3.02. The summed E-state index contributed by atoms with van der Waals surface area (Å²) in [5.74, 6) is 0.358. The standard InChI is InChI=1S/C18H20N4O3S.ClH/c1-12-9-14(22-10-13(2)20-11-22)7-8-17(12)26(23,24)21-18-15(19)5-4-6-16(18)25-3;/h4-11,21H,19H2,1-3H3;1H. The summed E-state index contributed by atoms with van der Waals surface area (Å²) in [5, 5.41) is 0. The molecule has 0 spiro atoms. The second-order valence-electron chi connectivity index (χ2n) is 5.90. The van der Waals surface area contributed by atoms with Gasteiger partial charge < -0.3 is 15.0 Å². The number of imidazole rings is 1. The Morgan fingerprint density at radius 3 is 2.52 bits per heavy atom. The molecule has 0 saturated heterocycles. The molecule has 0 aliphatic carbocycles. The number of rotatable bonds is 5. The molecule has 0 bridgehead atoms. The zero-order valence-electron chi connectivity index (χ0n) is 15.1. The summed E-state index contributed by atoms with van der Waals surface area (Å²) < 4.78 is 35.3. The van der Waals surface area contributed by atoms with Crippen LogP contribution in [0.1, 0.15) is 11.3 Å². The van der Waals surface area contributed by atoms with Gasteiger partial charge in [0, 0.05) is 11.9 Å². The van der Waals surface area contributed by atoms with Gasteiger partial charge in [0.1, 0.15) is 11.4 Å². The van der Waals surface area contributed by atoms with Gasteiger partial charge in [-0.2, -0.15) is 0 Å². The number of methoxy groups -OCH3 is 1. The number of hydrogen-bond donors (Lipinski definition) is 2. The van der Waals surface area contributed by atoms with Crippen molar-refractivity contribution in [1.29, 1.82) is 0 Å². The molecule has 2 aromatic carbocycles. The number of nitrogen functional groups attached to an aromatic ring is 1. The Bertz CT molecular complexity index is 1060. The number of halogens is 1. The zero-order valence-corrected chi connectivity index (χ0v) is 16.8. The van der Waals surface area contributed by atoms with E-state index in [1.165, 1.54) is 7.11 Å². The van der Waals surface area contributed by atoms with Gasteiger partial charge in [-0.15, -0.1) is 12.4 Å². The molecule has 0 aliphatic rings. The number of nitrogens with one attached hydrogen (secondary N) is 1. The van der Waals surface area contributed by atoms with Crippen molar-refractivity contribution in [3.05, 3.63) is 60.2 Å². The Balaban J connectivity index is 0.00000261. The topological polar surface area (TPSA) is 99.2 Å². The van der Waals surface area contributed by atoms with E-state index in [1.54, 1.807) is 49.6 Å². The van der Waals surface area contributed by atoms with Gasteiger partial charge in [0.15, 0.2) is 0 Å². The predicted octanol–water partition coefficient (Wildman–Crippen LogP) is 3.30. The number of para-hydroxylation sites is 1. The van der Waals surface area contributed by atoms with E-state index in [0.29, 0.717) is 11.3 Å². The van der Waals surface area contributed by atoms with Crippen LogP contribution in [0.5, 0.6) is 5.75 Å². The Hall–Kier alpha value is -2.71. The lowest BCUT2D eigenvalue weighted by Gasteiger charge is -2.15. The molecule has 0 aliphatic heterocycles. The second-order valence-corrected chi connectivity index (χ2v) is 7.55. The third-order valence-electron chi connectivity index (χ3n) is 3.97.